The van der Waals surface area contributed by atoms with E-state index in [4.69, 9.17) is 0 Å². The van der Waals surface area contributed by atoms with Crippen LogP contribution >= 0.6 is 10.0 Å². The van der Waals surface area contributed by atoms with Crippen LogP contribution in [-0.2, 0) is 0 Å². The second kappa shape index (κ2) is 14.7. The van der Waals surface area contributed by atoms with E-state index in [9.17, 15) is 0 Å². The summed E-state index contributed by atoms with van der Waals surface area (Å²) in [6, 6.07) is 63.7. The van der Waals surface area contributed by atoms with Crippen molar-refractivity contribution in [3.8, 4) is 55.6 Å². The Hall–Kier alpha value is -6.41. The highest BCUT2D eigenvalue weighted by molar-refractivity contribution is 8.33. The predicted octanol–water partition coefficient (Wildman–Crippen LogP) is 14.7. The molecule has 0 saturated carbocycles. The molecule has 0 spiro atoms. The first-order valence-corrected chi connectivity index (χ1v) is 23.9. The smallest absolute Gasteiger partial charge is 0.00683 e. The minimum atomic E-state index is -1.24. The van der Waals surface area contributed by atoms with E-state index in [1.54, 1.807) is 0 Å². The fourth-order valence-electron chi connectivity index (χ4n) is 10.2. The van der Waals surface area contributed by atoms with E-state index in [2.05, 4.69) is 220 Å². The topological polar surface area (TPSA) is 0 Å². The Morgan fingerprint density at radius 3 is 1.63 bits per heavy atom. The van der Waals surface area contributed by atoms with Crippen LogP contribution in [0.5, 0.6) is 0 Å². The average molecular weight is 789 g/mol. The first kappa shape index (κ1) is 36.7. The van der Waals surface area contributed by atoms with Crippen LogP contribution in [0.15, 0.2) is 198 Å². The van der Waals surface area contributed by atoms with E-state index < -0.39 is 10.0 Å². The molecular formula is C59H48S. The third kappa shape index (κ3) is 6.14. The standard InChI is InChI=1S/C59H48S/c1-39-15-14-20-46(35-39)48-21-10-11-22-49(48)47-33-34-51-53(36-47)59(45-31-27-43(28-32-45)41-18-8-5-9-19-41)55-38-57-52(50-23-12-13-24-56(50)60(57,2)3)37-54(55)58(51)44-29-25-42(26-30-44)40-16-6-4-7-17-40/h4-14,16-32,34-39,47H,15,33H2,1-3H3. The second-order valence-corrected chi connectivity index (χ2v) is 20.8. The molecule has 0 saturated heterocycles. The molecule has 290 valence electrons. The first-order chi connectivity index (χ1) is 29.4. The molecule has 0 fully saturated rings. The molecular weight excluding hydrogens is 741 g/mol. The highest BCUT2D eigenvalue weighted by Gasteiger charge is 2.33. The lowest BCUT2D eigenvalue weighted by atomic mass is 9.80. The van der Waals surface area contributed by atoms with Crippen LogP contribution in [0.25, 0.3) is 84.1 Å². The summed E-state index contributed by atoms with van der Waals surface area (Å²) < 4.78 is 0. The van der Waals surface area contributed by atoms with Gasteiger partial charge in [-0.1, -0.05) is 189 Å². The molecule has 60 heavy (non-hydrogen) atoms. The molecule has 2 aliphatic carbocycles. The largest absolute Gasteiger partial charge is 0.192 e. The van der Waals surface area contributed by atoms with Crippen LogP contribution in [0.1, 0.15) is 36.8 Å². The van der Waals surface area contributed by atoms with E-state index in [1.165, 1.54) is 103 Å². The quantitative estimate of drug-likeness (QED) is 0.157. The molecule has 1 aliphatic heterocycles. The summed E-state index contributed by atoms with van der Waals surface area (Å²) in [4.78, 5) is 2.97. The number of benzene rings is 8. The van der Waals surface area contributed by atoms with Gasteiger partial charge in [0.15, 0.2) is 0 Å². The fraction of sp³-hybridized carbons (Fsp3) is 0.119. The van der Waals surface area contributed by atoms with Crippen LogP contribution in [0.2, 0.25) is 0 Å². The average Bonchev–Trinajstić information content (AvgIpc) is 3.53. The van der Waals surface area contributed by atoms with Gasteiger partial charge in [0.05, 0.1) is 0 Å². The van der Waals surface area contributed by atoms with Crippen molar-refractivity contribution in [3.63, 3.8) is 0 Å². The van der Waals surface area contributed by atoms with Crippen molar-refractivity contribution in [3.05, 3.63) is 210 Å². The minimum absolute atomic E-state index is 0.231. The molecule has 0 amide bonds. The lowest BCUT2D eigenvalue weighted by molar-refractivity contribution is 0.739. The molecule has 8 aromatic carbocycles. The molecule has 0 nitrogen and oxygen atoms in total. The third-order valence-corrected chi connectivity index (χ3v) is 16.1. The van der Waals surface area contributed by atoms with Crippen LogP contribution in [-0.4, -0.2) is 12.5 Å². The van der Waals surface area contributed by atoms with Crippen molar-refractivity contribution in [2.45, 2.75) is 35.5 Å². The minimum Gasteiger partial charge on any atom is -0.192 e. The van der Waals surface area contributed by atoms with Gasteiger partial charge in [-0.25, -0.2) is 0 Å². The molecule has 2 atom stereocenters. The van der Waals surface area contributed by atoms with Crippen molar-refractivity contribution in [2.75, 3.05) is 12.5 Å². The monoisotopic (exact) mass is 788 g/mol. The van der Waals surface area contributed by atoms with Gasteiger partial charge >= 0.3 is 0 Å². The SMILES string of the molecule is CC1C=C(c2ccccc2C2C=c3c(-c4ccc(-c5ccccc5)cc4)c4cc5c(cc4c(-c4ccc(-c6ccccc6)cc4)c3=CC2)-c2ccccc2S5(C)C)C=CC1. The summed E-state index contributed by atoms with van der Waals surface area (Å²) in [7, 11) is -1.24. The summed E-state index contributed by atoms with van der Waals surface area (Å²) in [6.07, 6.45) is 19.4. The first-order valence-electron chi connectivity index (χ1n) is 21.4. The maximum absolute atomic E-state index is 2.63. The van der Waals surface area contributed by atoms with Gasteiger partial charge in [-0.2, -0.15) is 10.0 Å². The molecule has 8 aromatic rings. The Morgan fingerprint density at radius 1 is 0.450 bits per heavy atom. The molecule has 0 bridgehead atoms. The number of allylic oxidation sites excluding steroid dienone is 4. The van der Waals surface area contributed by atoms with Crippen molar-refractivity contribution >= 4 is 38.5 Å². The molecule has 11 rings (SSSR count). The Bertz CT molecular complexity index is 3150. The van der Waals surface area contributed by atoms with Crippen LogP contribution < -0.4 is 10.4 Å². The van der Waals surface area contributed by atoms with Gasteiger partial charge < -0.3 is 0 Å². The molecule has 1 heteroatoms. The van der Waals surface area contributed by atoms with E-state index in [1.807, 2.05) is 0 Å². The molecule has 2 unspecified atom stereocenters. The van der Waals surface area contributed by atoms with Crippen LogP contribution in [0.4, 0.5) is 0 Å². The summed E-state index contributed by atoms with van der Waals surface area (Å²) in [5, 5.41) is 5.34. The Morgan fingerprint density at radius 2 is 0.983 bits per heavy atom. The Kier molecular flexibility index (Phi) is 8.98. The van der Waals surface area contributed by atoms with Crippen molar-refractivity contribution in [2.24, 2.45) is 5.92 Å². The predicted molar refractivity (Wildman–Crippen MR) is 260 cm³/mol. The zero-order valence-electron chi connectivity index (χ0n) is 34.5. The van der Waals surface area contributed by atoms with Gasteiger partial charge in [-0.15, -0.1) is 0 Å². The van der Waals surface area contributed by atoms with Crippen molar-refractivity contribution in [1.29, 1.82) is 0 Å². The highest BCUT2D eigenvalue weighted by Crippen LogP contribution is 2.68. The van der Waals surface area contributed by atoms with E-state index >= 15 is 0 Å². The number of hydrogen-bond donors (Lipinski definition) is 0. The summed E-state index contributed by atoms with van der Waals surface area (Å²) >= 11 is 0. The van der Waals surface area contributed by atoms with E-state index in [0.717, 1.165) is 12.8 Å². The fourth-order valence-corrected chi connectivity index (χ4v) is 12.7. The summed E-state index contributed by atoms with van der Waals surface area (Å²) in [5.41, 5.74) is 17.0. The molecule has 1 heterocycles. The highest BCUT2D eigenvalue weighted by atomic mass is 32.3. The summed E-state index contributed by atoms with van der Waals surface area (Å²) in [5.74, 6) is 0.765. The van der Waals surface area contributed by atoms with Crippen molar-refractivity contribution in [1.82, 2.24) is 0 Å². The molecule has 0 N–H and O–H groups in total. The molecule has 3 aliphatic rings. The third-order valence-electron chi connectivity index (χ3n) is 13.2. The number of rotatable bonds is 6. The number of fused-ring (bicyclic) bond motifs is 5. The van der Waals surface area contributed by atoms with Crippen LogP contribution in [0, 0.1) is 5.92 Å². The lowest BCUT2D eigenvalue weighted by Gasteiger charge is -2.29. The lowest BCUT2D eigenvalue weighted by Crippen LogP contribution is -2.33. The van der Waals surface area contributed by atoms with Gasteiger partial charge in [0.25, 0.3) is 0 Å². The van der Waals surface area contributed by atoms with Gasteiger partial charge in [-0.05, 0) is 143 Å². The van der Waals surface area contributed by atoms with Crippen molar-refractivity contribution < 1.29 is 0 Å². The van der Waals surface area contributed by atoms with Gasteiger partial charge in [0.1, 0.15) is 0 Å². The zero-order chi connectivity index (χ0) is 40.4. The van der Waals surface area contributed by atoms with Gasteiger partial charge in [-0.3, -0.25) is 0 Å². The normalized spacial score (nSPS) is 17.8. The van der Waals surface area contributed by atoms with E-state index in [0.29, 0.717) is 5.92 Å². The zero-order valence-corrected chi connectivity index (χ0v) is 35.3. The van der Waals surface area contributed by atoms with E-state index in [-0.39, 0.29) is 5.92 Å². The Balaban J connectivity index is 1.22. The molecule has 0 radical (unpaired) electrons. The maximum atomic E-state index is 2.63. The van der Waals surface area contributed by atoms with Gasteiger partial charge in [0, 0.05) is 15.7 Å². The number of hydrogen-bond acceptors (Lipinski definition) is 0. The molecule has 0 aromatic heterocycles. The van der Waals surface area contributed by atoms with Gasteiger partial charge in [0.2, 0.25) is 0 Å². The van der Waals surface area contributed by atoms with Crippen LogP contribution in [0.3, 0.4) is 0 Å². The Labute approximate surface area is 355 Å². The maximum Gasteiger partial charge on any atom is 0.00683 e. The second-order valence-electron chi connectivity index (χ2n) is 17.2. The summed E-state index contributed by atoms with van der Waals surface area (Å²) in [6.45, 7) is 2.33.